The molecule has 0 unspecified atom stereocenters. The van der Waals surface area contributed by atoms with Crippen LogP contribution in [0.2, 0.25) is 0 Å². The molecule has 0 atom stereocenters. The highest BCUT2D eigenvalue weighted by molar-refractivity contribution is 9.08. The van der Waals surface area contributed by atoms with Gasteiger partial charge < -0.3 is 9.47 Å². The standard InChI is InChI=1S/C11H9BrF5NO3/c1-20-8(19)3-7-9(21-11(15,16)17)6(10(13)14)2-5(4-12)18-7/h2,10H,3-4H2,1H3. The number of carbonyl (C=O) groups excluding carboxylic acids is 1. The minimum Gasteiger partial charge on any atom is -0.469 e. The van der Waals surface area contributed by atoms with Gasteiger partial charge in [-0.2, -0.15) is 0 Å². The molecule has 0 amide bonds. The topological polar surface area (TPSA) is 48.4 Å². The summed E-state index contributed by atoms with van der Waals surface area (Å²) in [6, 6.07) is 0.779. The average molecular weight is 378 g/mol. The fourth-order valence-electron chi connectivity index (χ4n) is 1.46. The number of aromatic nitrogens is 1. The molecular weight excluding hydrogens is 369 g/mol. The van der Waals surface area contributed by atoms with Gasteiger partial charge in [0.15, 0.2) is 5.75 Å². The van der Waals surface area contributed by atoms with Crippen molar-refractivity contribution >= 4 is 21.9 Å². The van der Waals surface area contributed by atoms with Crippen LogP contribution in [0.5, 0.6) is 5.75 Å². The monoisotopic (exact) mass is 377 g/mol. The van der Waals surface area contributed by atoms with Crippen molar-refractivity contribution in [2.75, 3.05) is 7.11 Å². The summed E-state index contributed by atoms with van der Waals surface area (Å²) in [7, 11) is 1.01. The zero-order valence-electron chi connectivity index (χ0n) is 10.5. The molecule has 0 aliphatic rings. The summed E-state index contributed by atoms with van der Waals surface area (Å²) in [5.41, 5.74) is -1.51. The van der Waals surface area contributed by atoms with E-state index in [1.54, 1.807) is 0 Å². The van der Waals surface area contributed by atoms with Crippen molar-refractivity contribution in [2.45, 2.75) is 24.5 Å². The van der Waals surface area contributed by atoms with E-state index in [0.29, 0.717) is 0 Å². The molecule has 0 radical (unpaired) electrons. The van der Waals surface area contributed by atoms with Crippen molar-refractivity contribution in [3.05, 3.63) is 23.0 Å². The van der Waals surface area contributed by atoms with Gasteiger partial charge in [-0.25, -0.2) is 8.78 Å². The van der Waals surface area contributed by atoms with E-state index >= 15 is 0 Å². The zero-order chi connectivity index (χ0) is 16.2. The zero-order valence-corrected chi connectivity index (χ0v) is 12.1. The van der Waals surface area contributed by atoms with Gasteiger partial charge in [-0.1, -0.05) is 15.9 Å². The molecule has 0 N–H and O–H groups in total. The van der Waals surface area contributed by atoms with Crippen molar-refractivity contribution < 1.29 is 36.2 Å². The number of alkyl halides is 6. The lowest BCUT2D eigenvalue weighted by Gasteiger charge is -2.17. The smallest absolute Gasteiger partial charge is 0.469 e. The molecule has 0 saturated heterocycles. The van der Waals surface area contributed by atoms with E-state index < -0.39 is 42.2 Å². The molecule has 10 heteroatoms. The molecule has 0 saturated carbocycles. The number of nitrogens with zero attached hydrogens (tertiary/aromatic N) is 1. The number of carbonyl (C=O) groups is 1. The number of methoxy groups -OCH3 is 1. The molecule has 4 nitrogen and oxygen atoms in total. The number of esters is 1. The van der Waals surface area contributed by atoms with Gasteiger partial charge in [0.2, 0.25) is 0 Å². The Morgan fingerprint density at radius 2 is 2.05 bits per heavy atom. The van der Waals surface area contributed by atoms with Gasteiger partial charge in [0.1, 0.15) is 0 Å². The fraction of sp³-hybridized carbons (Fsp3) is 0.455. The predicted molar refractivity (Wildman–Crippen MR) is 64.2 cm³/mol. The first-order chi connectivity index (χ1) is 9.67. The van der Waals surface area contributed by atoms with Crippen LogP contribution in [0.15, 0.2) is 6.07 Å². The SMILES string of the molecule is COC(=O)Cc1nc(CBr)cc(C(F)F)c1OC(F)(F)F. The summed E-state index contributed by atoms with van der Waals surface area (Å²) in [6.07, 6.45) is -9.13. The number of hydrogen-bond donors (Lipinski definition) is 0. The molecule has 0 bridgehead atoms. The van der Waals surface area contributed by atoms with Gasteiger partial charge >= 0.3 is 12.3 Å². The summed E-state index contributed by atoms with van der Waals surface area (Å²) in [6.45, 7) is 0. The lowest BCUT2D eigenvalue weighted by atomic mass is 10.1. The van der Waals surface area contributed by atoms with E-state index in [-0.39, 0.29) is 11.0 Å². The van der Waals surface area contributed by atoms with Crippen LogP contribution in [0.3, 0.4) is 0 Å². The van der Waals surface area contributed by atoms with E-state index in [0.717, 1.165) is 13.2 Å². The molecular formula is C11H9BrF5NO3. The highest BCUT2D eigenvalue weighted by Gasteiger charge is 2.35. The van der Waals surface area contributed by atoms with E-state index in [1.165, 1.54) is 0 Å². The van der Waals surface area contributed by atoms with Crippen molar-refractivity contribution in [3.63, 3.8) is 0 Å². The normalized spacial score (nSPS) is 11.6. The lowest BCUT2D eigenvalue weighted by Crippen LogP contribution is -2.21. The summed E-state index contributed by atoms with van der Waals surface area (Å²) in [4.78, 5) is 14.9. The minimum absolute atomic E-state index is 0.0210. The van der Waals surface area contributed by atoms with E-state index in [9.17, 15) is 26.7 Å². The summed E-state index contributed by atoms with van der Waals surface area (Å²) >= 11 is 2.96. The number of halogens is 6. The molecule has 0 aromatic carbocycles. The van der Waals surface area contributed by atoms with Gasteiger partial charge in [-0.3, -0.25) is 9.78 Å². The second kappa shape index (κ2) is 7.01. The third-order valence-corrected chi connectivity index (χ3v) is 2.83. The van der Waals surface area contributed by atoms with Crippen LogP contribution in [0.1, 0.15) is 23.4 Å². The molecule has 0 aliphatic carbocycles. The Hall–Kier alpha value is -1.45. The van der Waals surface area contributed by atoms with Crippen molar-refractivity contribution in [3.8, 4) is 5.75 Å². The maximum Gasteiger partial charge on any atom is 0.573 e. The largest absolute Gasteiger partial charge is 0.573 e. The third-order valence-electron chi connectivity index (χ3n) is 2.25. The van der Waals surface area contributed by atoms with Crippen LogP contribution >= 0.6 is 15.9 Å². The molecule has 1 heterocycles. The lowest BCUT2D eigenvalue weighted by molar-refractivity contribution is -0.275. The van der Waals surface area contributed by atoms with Gasteiger partial charge in [0, 0.05) is 5.33 Å². The summed E-state index contributed by atoms with van der Waals surface area (Å²) < 4.78 is 70.8. The van der Waals surface area contributed by atoms with Crippen LogP contribution in [0.25, 0.3) is 0 Å². The van der Waals surface area contributed by atoms with Crippen molar-refractivity contribution in [1.82, 2.24) is 4.98 Å². The first-order valence-electron chi connectivity index (χ1n) is 5.37. The Morgan fingerprint density at radius 1 is 1.43 bits per heavy atom. The van der Waals surface area contributed by atoms with Crippen molar-refractivity contribution in [2.24, 2.45) is 0 Å². The van der Waals surface area contributed by atoms with Crippen LogP contribution < -0.4 is 4.74 Å². The van der Waals surface area contributed by atoms with Crippen molar-refractivity contribution in [1.29, 1.82) is 0 Å². The third kappa shape index (κ3) is 5.10. The molecule has 118 valence electrons. The molecule has 0 fully saturated rings. The molecule has 1 rings (SSSR count). The molecule has 21 heavy (non-hydrogen) atoms. The highest BCUT2D eigenvalue weighted by atomic mass is 79.9. The Kier molecular flexibility index (Phi) is 5.87. The quantitative estimate of drug-likeness (QED) is 0.447. The molecule has 0 aliphatic heterocycles. The highest BCUT2D eigenvalue weighted by Crippen LogP contribution is 2.36. The minimum atomic E-state index is -5.19. The Balaban J connectivity index is 3.40. The predicted octanol–water partition coefficient (Wildman–Crippen LogP) is 3.53. The van der Waals surface area contributed by atoms with Gasteiger partial charge in [-0.15, -0.1) is 13.2 Å². The maximum absolute atomic E-state index is 12.9. The van der Waals surface area contributed by atoms with Gasteiger partial charge in [0.05, 0.1) is 30.5 Å². The number of pyridine rings is 1. The molecule has 1 aromatic heterocycles. The number of hydrogen-bond acceptors (Lipinski definition) is 4. The van der Waals surface area contributed by atoms with Crippen LogP contribution in [0.4, 0.5) is 22.0 Å². The maximum atomic E-state index is 12.9. The summed E-state index contributed by atoms with van der Waals surface area (Å²) in [5.74, 6) is -2.10. The average Bonchev–Trinajstić information content (AvgIpc) is 2.38. The van der Waals surface area contributed by atoms with E-state index in [2.05, 4.69) is 30.4 Å². The fourth-order valence-corrected chi connectivity index (χ4v) is 1.75. The second-order valence-electron chi connectivity index (χ2n) is 3.71. The molecule has 1 aromatic rings. The van der Waals surface area contributed by atoms with E-state index in [4.69, 9.17) is 0 Å². The Labute approximate surface area is 124 Å². The Morgan fingerprint density at radius 3 is 2.48 bits per heavy atom. The summed E-state index contributed by atoms with van der Waals surface area (Å²) in [5, 5.41) is 0.0210. The van der Waals surface area contributed by atoms with Crippen LogP contribution in [0, 0.1) is 0 Å². The first-order valence-corrected chi connectivity index (χ1v) is 6.49. The number of rotatable bonds is 5. The Bertz CT molecular complexity index is 521. The number of ether oxygens (including phenoxy) is 2. The molecule has 0 spiro atoms. The van der Waals surface area contributed by atoms with E-state index in [1.807, 2.05) is 0 Å². The van der Waals surface area contributed by atoms with Gasteiger partial charge in [-0.05, 0) is 6.07 Å². The van der Waals surface area contributed by atoms with Crippen LogP contribution in [-0.4, -0.2) is 24.4 Å². The van der Waals surface area contributed by atoms with Crippen LogP contribution in [-0.2, 0) is 21.3 Å². The first kappa shape index (κ1) is 17.6. The van der Waals surface area contributed by atoms with Gasteiger partial charge in [0.25, 0.3) is 6.43 Å². The second-order valence-corrected chi connectivity index (χ2v) is 4.27.